The van der Waals surface area contributed by atoms with E-state index in [4.69, 9.17) is 38.5 Å². The fourth-order valence-corrected chi connectivity index (χ4v) is 0. The largest absolute Gasteiger partial charge is 2.00 e. The van der Waals surface area contributed by atoms with Crippen LogP contribution in [0.5, 0.6) is 0 Å². The monoisotopic (exact) mass is 388 g/mol. The third-order valence-corrected chi connectivity index (χ3v) is 0. The van der Waals surface area contributed by atoms with Crippen LogP contribution in [0.1, 0.15) is 0 Å². The van der Waals surface area contributed by atoms with Crippen LogP contribution in [0, 0.1) is 0 Å². The topological polar surface area (TPSA) is 393 Å². The molecule has 0 rings (SSSR count). The second-order valence-electron chi connectivity index (χ2n) is 0.894. The normalized spacial score (nSPS) is 5.90. The summed E-state index contributed by atoms with van der Waals surface area (Å²) in [6.45, 7) is 0. The molecule has 14 N–H and O–H groups in total. The van der Waals surface area contributed by atoms with Crippen molar-refractivity contribution in [2.24, 2.45) is 0 Å². The summed E-state index contributed by atoms with van der Waals surface area (Å²) in [5.41, 5.74) is 0. The van der Waals surface area contributed by atoms with Crippen molar-refractivity contribution >= 4 is 84.8 Å². The first-order chi connectivity index (χ1) is 4.00. The number of hydrogen-bond donors (Lipinski definition) is 0. The van der Waals surface area contributed by atoms with Crippen molar-refractivity contribution in [3.63, 3.8) is 0 Å². The molecule has 15 nitrogen and oxygen atoms in total. The van der Waals surface area contributed by atoms with E-state index in [1.165, 1.54) is 0 Å². The minimum Gasteiger partial charge on any atom is -0.822 e. The van der Waals surface area contributed by atoms with Gasteiger partial charge in [0.1, 0.15) is 0 Å². The van der Waals surface area contributed by atoms with Gasteiger partial charge < -0.3 is 76.8 Å². The Morgan fingerprint density at radius 3 is 0.400 bits per heavy atom. The Kier molecular flexibility index (Phi) is 205. The molecule has 0 aliphatic rings. The first kappa shape index (κ1) is 95.7. The van der Waals surface area contributed by atoms with E-state index in [2.05, 4.69) is 0 Å². The number of phosphoric acid groups is 2. The Labute approximate surface area is 160 Å². The van der Waals surface area contributed by atoms with Gasteiger partial charge in [-0.25, -0.2) is 0 Å². The van der Waals surface area contributed by atoms with Gasteiger partial charge in [0.15, 0.2) is 0 Å². The number of hydrogen-bond acceptors (Lipinski definition) is 8. The summed E-state index contributed by atoms with van der Waals surface area (Å²) in [5.74, 6) is 0. The third kappa shape index (κ3) is 1490. The second kappa shape index (κ2) is 42.9. The first-order valence-electron chi connectivity index (χ1n) is 1.46. The quantitative estimate of drug-likeness (QED) is 0.282. The van der Waals surface area contributed by atoms with Crippen LogP contribution in [0.3, 0.4) is 0 Å². The van der Waals surface area contributed by atoms with Crippen LogP contribution >= 0.6 is 15.6 Å². The molecular weight excluding hydrogens is 375 g/mol. The standard InChI is InChI=1S/3Mg.2H3O4P.7H2O/c;;;2*1-5(2,3)4;;;;;;;/h;;;2*(H3,1,2,3,4);7*1H2/q3*+2;;;;;;;;;/p-6. The van der Waals surface area contributed by atoms with Gasteiger partial charge in [-0.1, -0.05) is 0 Å². The summed E-state index contributed by atoms with van der Waals surface area (Å²) in [4.78, 5) is 51.3. The molecule has 0 amide bonds. The predicted octanol–water partition coefficient (Wildman–Crippen LogP) is -12.6. The van der Waals surface area contributed by atoms with Crippen LogP contribution in [0.15, 0.2) is 0 Å². The molecule has 0 bridgehead atoms. The van der Waals surface area contributed by atoms with Crippen LogP contribution in [0.2, 0.25) is 0 Å². The molecule has 0 unspecified atom stereocenters. The summed E-state index contributed by atoms with van der Waals surface area (Å²) >= 11 is 0. The predicted molar refractivity (Wildman–Crippen MR) is 57.8 cm³/mol. The van der Waals surface area contributed by atoms with E-state index in [0.717, 1.165) is 0 Å². The molecule has 0 saturated heterocycles. The van der Waals surface area contributed by atoms with Crippen LogP contribution < -0.4 is 29.4 Å². The molecule has 0 fully saturated rings. The van der Waals surface area contributed by atoms with Gasteiger partial charge in [0.25, 0.3) is 0 Å². The van der Waals surface area contributed by atoms with Gasteiger partial charge in [0.2, 0.25) is 0 Å². The summed E-state index contributed by atoms with van der Waals surface area (Å²) in [6.07, 6.45) is 0. The Balaban J connectivity index is -0.00000000427. The van der Waals surface area contributed by atoms with Gasteiger partial charge in [-0.15, -0.1) is 0 Å². The van der Waals surface area contributed by atoms with Crippen LogP contribution in [-0.4, -0.2) is 107 Å². The van der Waals surface area contributed by atoms with E-state index in [0.29, 0.717) is 0 Å². The molecule has 20 heteroatoms. The molecule has 0 heterocycles. The van der Waals surface area contributed by atoms with Crippen LogP contribution in [-0.2, 0) is 9.13 Å². The molecule has 0 aliphatic heterocycles. The van der Waals surface area contributed by atoms with Crippen molar-refractivity contribution in [3.8, 4) is 0 Å². The van der Waals surface area contributed by atoms with Gasteiger partial charge in [-0.05, 0) is 0 Å². The van der Waals surface area contributed by atoms with Crippen molar-refractivity contribution < 1.29 is 76.8 Å². The van der Waals surface area contributed by atoms with Crippen molar-refractivity contribution in [2.45, 2.75) is 0 Å². The maximum Gasteiger partial charge on any atom is 2.00 e. The van der Waals surface area contributed by atoms with Gasteiger partial charge in [0.05, 0.1) is 0 Å². The van der Waals surface area contributed by atoms with Crippen molar-refractivity contribution in [3.05, 3.63) is 0 Å². The van der Waals surface area contributed by atoms with E-state index < -0.39 is 15.6 Å². The molecule has 20 heavy (non-hydrogen) atoms. The molecule has 0 aliphatic carbocycles. The Hall–Kier alpha value is 2.24. The molecule has 0 saturated carbocycles. The average Bonchev–Trinajstić information content (AvgIpc) is 1.12. The molecule has 0 atom stereocenters. The summed E-state index contributed by atoms with van der Waals surface area (Å²) in [6, 6.07) is 0. The Morgan fingerprint density at radius 1 is 0.400 bits per heavy atom. The minimum absolute atomic E-state index is 0. The zero-order valence-electron chi connectivity index (χ0n) is 9.78. The zero-order valence-corrected chi connectivity index (χ0v) is 15.8. The second-order valence-corrected chi connectivity index (χ2v) is 2.68. The molecule has 0 spiro atoms. The number of rotatable bonds is 0. The summed E-state index contributed by atoms with van der Waals surface area (Å²) < 4.78 is 17.1. The van der Waals surface area contributed by atoms with E-state index in [9.17, 15) is 0 Å². The van der Waals surface area contributed by atoms with Gasteiger partial charge in [-0.3, -0.25) is 0 Å². The van der Waals surface area contributed by atoms with Gasteiger partial charge in [0, 0.05) is 0 Å². The van der Waals surface area contributed by atoms with E-state index in [1.54, 1.807) is 0 Å². The van der Waals surface area contributed by atoms with Gasteiger partial charge >= 0.3 is 69.2 Å². The van der Waals surface area contributed by atoms with E-state index in [-0.39, 0.29) is 107 Å². The van der Waals surface area contributed by atoms with Crippen molar-refractivity contribution in [1.82, 2.24) is 0 Å². The molecule has 0 aromatic rings. The fraction of sp³-hybridized carbons (Fsp3) is 0. The van der Waals surface area contributed by atoms with E-state index >= 15 is 0 Å². The van der Waals surface area contributed by atoms with Crippen molar-refractivity contribution in [2.75, 3.05) is 0 Å². The molecule has 0 aromatic heterocycles. The molecule has 0 radical (unpaired) electrons. The smallest absolute Gasteiger partial charge is 0.822 e. The fourth-order valence-electron chi connectivity index (χ4n) is 0. The zero-order chi connectivity index (χ0) is 9.00. The maximum atomic E-state index is 8.55. The first-order valence-corrected chi connectivity index (χ1v) is 4.38. The van der Waals surface area contributed by atoms with Crippen LogP contribution in [0.4, 0.5) is 0 Å². The van der Waals surface area contributed by atoms with Gasteiger partial charge in [-0.2, -0.15) is 15.6 Å². The Bertz CT molecular complexity index is 133. The summed E-state index contributed by atoms with van der Waals surface area (Å²) in [5, 5.41) is 0. The van der Waals surface area contributed by atoms with Crippen molar-refractivity contribution in [1.29, 1.82) is 0 Å². The summed E-state index contributed by atoms with van der Waals surface area (Å²) in [7, 11) is -10.8. The SMILES string of the molecule is O.O.O.O.O.O.O.O=P([O-])([O-])[O-].O=P([O-])([O-])[O-].[Mg+2].[Mg+2].[Mg+2]. The minimum atomic E-state index is -5.39. The third-order valence-electron chi connectivity index (χ3n) is 0. The maximum absolute atomic E-state index is 8.55. The molecular formula is H14Mg3O15P2. The van der Waals surface area contributed by atoms with Crippen LogP contribution in [0.25, 0.3) is 0 Å². The average molecular weight is 389 g/mol. The Morgan fingerprint density at radius 2 is 0.400 bits per heavy atom. The molecule has 0 aromatic carbocycles. The van der Waals surface area contributed by atoms with E-state index in [1.807, 2.05) is 0 Å². The molecule has 120 valence electrons.